The van der Waals surface area contributed by atoms with Gasteiger partial charge in [0.25, 0.3) is 17.5 Å². The summed E-state index contributed by atoms with van der Waals surface area (Å²) in [6.45, 7) is -0.392. The number of carbonyl (C=O) groups is 2. The maximum atomic E-state index is 12.1. The van der Waals surface area contributed by atoms with E-state index in [1.54, 1.807) is 24.3 Å². The van der Waals surface area contributed by atoms with Crippen molar-refractivity contribution in [3.63, 3.8) is 0 Å². The lowest BCUT2D eigenvalue weighted by molar-refractivity contribution is -0.384. The summed E-state index contributed by atoms with van der Waals surface area (Å²) in [4.78, 5) is 36.9. The van der Waals surface area contributed by atoms with Crippen molar-refractivity contribution in [2.24, 2.45) is 10.2 Å². The molecule has 0 saturated heterocycles. The monoisotopic (exact) mass is 493 g/mol. The highest BCUT2D eigenvalue weighted by molar-refractivity contribution is 14.1. The largest absolute Gasteiger partial charge is 0.493 e. The SMILES string of the molecule is O=C(CNC(=O)c1ccccc1I)N=Nc1c(O)[nH]c2ccc([N+](=O)[O-])cc12. The number of aromatic hydroxyl groups is 1. The molecule has 142 valence electrons. The van der Waals surface area contributed by atoms with Crippen LogP contribution in [0.4, 0.5) is 11.4 Å². The normalized spacial score (nSPS) is 11.0. The number of hydrogen-bond donors (Lipinski definition) is 3. The Labute approximate surface area is 171 Å². The Bertz CT molecular complexity index is 1120. The molecular formula is C17H12IN5O5. The van der Waals surface area contributed by atoms with Crippen molar-refractivity contribution in [1.29, 1.82) is 0 Å². The molecule has 0 aliphatic heterocycles. The van der Waals surface area contributed by atoms with Crippen molar-refractivity contribution in [2.45, 2.75) is 0 Å². The van der Waals surface area contributed by atoms with Crippen LogP contribution in [0.15, 0.2) is 52.7 Å². The fourth-order valence-electron chi connectivity index (χ4n) is 2.40. The van der Waals surface area contributed by atoms with E-state index in [1.165, 1.54) is 18.2 Å². The van der Waals surface area contributed by atoms with Crippen LogP contribution >= 0.6 is 22.6 Å². The van der Waals surface area contributed by atoms with Crippen LogP contribution in [-0.4, -0.2) is 33.4 Å². The van der Waals surface area contributed by atoms with Gasteiger partial charge in [0.15, 0.2) is 5.69 Å². The summed E-state index contributed by atoms with van der Waals surface area (Å²) in [7, 11) is 0. The Kier molecular flexibility index (Phi) is 5.63. The second kappa shape index (κ2) is 8.12. The van der Waals surface area contributed by atoms with Crippen molar-refractivity contribution >= 4 is 56.7 Å². The van der Waals surface area contributed by atoms with Gasteiger partial charge in [-0.15, -0.1) is 10.2 Å². The Hall–Kier alpha value is -3.35. The van der Waals surface area contributed by atoms with Crippen molar-refractivity contribution in [3.05, 3.63) is 61.7 Å². The fraction of sp³-hybridized carbons (Fsp3) is 0.0588. The van der Waals surface area contributed by atoms with E-state index in [0.717, 1.165) is 3.57 Å². The molecule has 0 aliphatic rings. The third kappa shape index (κ3) is 4.14. The van der Waals surface area contributed by atoms with Crippen LogP contribution < -0.4 is 5.32 Å². The number of nitro groups is 1. The van der Waals surface area contributed by atoms with Gasteiger partial charge >= 0.3 is 0 Å². The van der Waals surface area contributed by atoms with Gasteiger partial charge in [-0.3, -0.25) is 19.7 Å². The van der Waals surface area contributed by atoms with E-state index in [0.29, 0.717) is 11.1 Å². The van der Waals surface area contributed by atoms with Crippen LogP contribution in [0.1, 0.15) is 10.4 Å². The number of hydrogen-bond acceptors (Lipinski definition) is 6. The number of nitro benzene ring substituents is 1. The average Bonchev–Trinajstić information content (AvgIpc) is 2.99. The predicted molar refractivity (Wildman–Crippen MR) is 108 cm³/mol. The number of H-pyrrole nitrogens is 1. The topological polar surface area (TPSA) is 150 Å². The second-order valence-corrected chi connectivity index (χ2v) is 6.73. The quantitative estimate of drug-likeness (QED) is 0.215. The van der Waals surface area contributed by atoms with Gasteiger partial charge in [0.2, 0.25) is 5.88 Å². The lowest BCUT2D eigenvalue weighted by atomic mass is 10.2. The van der Waals surface area contributed by atoms with Gasteiger partial charge in [0.05, 0.1) is 16.0 Å². The molecule has 10 nitrogen and oxygen atoms in total. The molecule has 0 radical (unpaired) electrons. The molecule has 3 rings (SSSR count). The van der Waals surface area contributed by atoms with Crippen LogP contribution in [0.2, 0.25) is 0 Å². The highest BCUT2D eigenvalue weighted by Gasteiger charge is 2.16. The van der Waals surface area contributed by atoms with E-state index in [4.69, 9.17) is 0 Å². The number of azo groups is 1. The molecule has 2 aromatic carbocycles. The number of fused-ring (bicyclic) bond motifs is 1. The molecule has 0 fully saturated rings. The molecule has 28 heavy (non-hydrogen) atoms. The second-order valence-electron chi connectivity index (χ2n) is 5.57. The Morgan fingerprint density at radius 3 is 2.71 bits per heavy atom. The average molecular weight is 493 g/mol. The first-order valence-electron chi connectivity index (χ1n) is 7.83. The summed E-state index contributed by atoms with van der Waals surface area (Å²) in [6.07, 6.45) is 0. The molecule has 0 aliphatic carbocycles. The van der Waals surface area contributed by atoms with Crippen LogP contribution in [0, 0.1) is 13.7 Å². The summed E-state index contributed by atoms with van der Waals surface area (Å²) in [6, 6.07) is 10.8. The number of rotatable bonds is 5. The van der Waals surface area contributed by atoms with E-state index in [1.807, 2.05) is 22.6 Å². The molecule has 3 N–H and O–H groups in total. The molecule has 1 aromatic heterocycles. The highest BCUT2D eigenvalue weighted by atomic mass is 127. The molecule has 0 spiro atoms. The molecule has 1 heterocycles. The maximum Gasteiger partial charge on any atom is 0.283 e. The number of benzene rings is 2. The van der Waals surface area contributed by atoms with Gasteiger partial charge < -0.3 is 15.4 Å². The molecule has 0 saturated carbocycles. The predicted octanol–water partition coefficient (Wildman–Crippen LogP) is 3.43. The van der Waals surface area contributed by atoms with Crippen LogP contribution in [0.25, 0.3) is 10.9 Å². The minimum absolute atomic E-state index is 0.101. The number of nitrogens with zero attached hydrogens (tertiary/aromatic N) is 3. The Morgan fingerprint density at radius 2 is 2.00 bits per heavy atom. The minimum Gasteiger partial charge on any atom is -0.493 e. The summed E-state index contributed by atoms with van der Waals surface area (Å²) in [5, 5.41) is 30.6. The first kappa shape index (κ1) is 19.4. The number of aromatic nitrogens is 1. The van der Waals surface area contributed by atoms with Gasteiger partial charge in [-0.1, -0.05) is 12.1 Å². The van der Waals surface area contributed by atoms with E-state index in [2.05, 4.69) is 20.5 Å². The maximum absolute atomic E-state index is 12.1. The molecule has 3 aromatic rings. The molecule has 0 atom stereocenters. The van der Waals surface area contributed by atoms with Crippen LogP contribution in [0.5, 0.6) is 5.88 Å². The highest BCUT2D eigenvalue weighted by Crippen LogP contribution is 2.37. The minimum atomic E-state index is -0.751. The zero-order chi connectivity index (χ0) is 20.3. The molecular weight excluding hydrogens is 481 g/mol. The number of non-ortho nitro benzene ring substituents is 1. The van der Waals surface area contributed by atoms with Crippen LogP contribution in [-0.2, 0) is 4.79 Å². The third-order valence-electron chi connectivity index (χ3n) is 3.73. The van der Waals surface area contributed by atoms with Crippen molar-refractivity contribution < 1.29 is 19.6 Å². The summed E-state index contributed by atoms with van der Waals surface area (Å²) >= 11 is 2.01. The number of halogens is 1. The zero-order valence-electron chi connectivity index (χ0n) is 14.0. The number of amides is 2. The Morgan fingerprint density at radius 1 is 1.25 bits per heavy atom. The third-order valence-corrected chi connectivity index (χ3v) is 4.67. The van der Waals surface area contributed by atoms with Crippen molar-refractivity contribution in [3.8, 4) is 5.88 Å². The number of carbonyl (C=O) groups excluding carboxylic acids is 2. The van der Waals surface area contributed by atoms with E-state index in [9.17, 15) is 24.8 Å². The summed E-state index contributed by atoms with van der Waals surface area (Å²) < 4.78 is 0.733. The van der Waals surface area contributed by atoms with Crippen molar-refractivity contribution in [1.82, 2.24) is 10.3 Å². The van der Waals surface area contributed by atoms with Gasteiger partial charge in [-0.2, -0.15) is 0 Å². The van der Waals surface area contributed by atoms with Crippen LogP contribution in [0.3, 0.4) is 0 Å². The summed E-state index contributed by atoms with van der Waals surface area (Å²) in [5.41, 5.74) is 0.529. The number of aromatic amines is 1. The zero-order valence-corrected chi connectivity index (χ0v) is 16.2. The van der Waals surface area contributed by atoms with E-state index < -0.39 is 23.3 Å². The molecule has 0 bridgehead atoms. The smallest absolute Gasteiger partial charge is 0.283 e. The first-order valence-corrected chi connectivity index (χ1v) is 8.91. The number of nitrogens with one attached hydrogen (secondary N) is 2. The van der Waals surface area contributed by atoms with E-state index >= 15 is 0 Å². The fourth-order valence-corrected chi connectivity index (χ4v) is 3.04. The standard InChI is InChI=1S/C17H12IN5O5/c18-12-4-2-1-3-10(12)16(25)19-8-14(24)21-22-15-11-7-9(23(27)28)5-6-13(11)20-17(15)26/h1-7,20,26H,8H2,(H,19,25). The van der Waals surface area contributed by atoms with Gasteiger partial charge in [0, 0.05) is 21.1 Å². The Balaban J connectivity index is 1.73. The lowest BCUT2D eigenvalue weighted by Crippen LogP contribution is -2.29. The first-order chi connectivity index (χ1) is 13.4. The van der Waals surface area contributed by atoms with Gasteiger partial charge in [-0.25, -0.2) is 0 Å². The molecule has 11 heteroatoms. The van der Waals surface area contributed by atoms with Crippen molar-refractivity contribution in [2.75, 3.05) is 6.54 Å². The summed E-state index contributed by atoms with van der Waals surface area (Å²) in [5.74, 6) is -1.56. The van der Waals surface area contributed by atoms with E-state index in [-0.39, 0.29) is 22.6 Å². The van der Waals surface area contributed by atoms with Gasteiger partial charge in [0.1, 0.15) is 6.54 Å². The lowest BCUT2D eigenvalue weighted by Gasteiger charge is -2.04. The molecule has 0 unspecified atom stereocenters. The van der Waals surface area contributed by atoms with Gasteiger partial charge in [-0.05, 0) is 40.8 Å². The molecule has 2 amide bonds.